The molecular formula is C11H9N3O2. The van der Waals surface area contributed by atoms with Gasteiger partial charge in [-0.3, -0.25) is 4.79 Å². The standard InChI is InChI=1S/C11H9N3O2/c1-7-10(15)14(11(16)13-7)9-4-2-3-8(5-9)6-12/h2-5,7H,1H3,(H,13,16)/t7-/m1/s1. The Kier molecular flexibility index (Phi) is 2.33. The number of benzene rings is 1. The minimum absolute atomic E-state index is 0.305. The van der Waals surface area contributed by atoms with Crippen molar-refractivity contribution in [2.45, 2.75) is 13.0 Å². The van der Waals surface area contributed by atoms with Crippen LogP contribution in [0.15, 0.2) is 24.3 Å². The fourth-order valence-corrected chi connectivity index (χ4v) is 1.56. The van der Waals surface area contributed by atoms with E-state index in [2.05, 4.69) is 5.32 Å². The quantitative estimate of drug-likeness (QED) is 0.710. The molecule has 5 nitrogen and oxygen atoms in total. The molecule has 1 N–H and O–H groups in total. The molecule has 1 aromatic carbocycles. The molecule has 0 saturated carbocycles. The van der Waals surface area contributed by atoms with Gasteiger partial charge < -0.3 is 5.32 Å². The second-order valence-corrected chi connectivity index (χ2v) is 3.51. The molecule has 1 heterocycles. The van der Waals surface area contributed by atoms with Crippen molar-refractivity contribution in [2.24, 2.45) is 0 Å². The Morgan fingerprint density at radius 3 is 2.75 bits per heavy atom. The SMILES string of the molecule is C[C@H]1NC(=O)N(c2cccc(C#N)c2)C1=O. The molecule has 0 aromatic heterocycles. The van der Waals surface area contributed by atoms with Gasteiger partial charge >= 0.3 is 6.03 Å². The van der Waals surface area contributed by atoms with Crippen LogP contribution in [0.3, 0.4) is 0 Å². The first-order valence-electron chi connectivity index (χ1n) is 4.78. The van der Waals surface area contributed by atoms with Crippen molar-refractivity contribution in [1.82, 2.24) is 5.32 Å². The number of nitrogens with one attached hydrogen (secondary N) is 1. The number of rotatable bonds is 1. The fraction of sp³-hybridized carbons (Fsp3) is 0.182. The van der Waals surface area contributed by atoms with E-state index in [4.69, 9.17) is 5.26 Å². The van der Waals surface area contributed by atoms with E-state index in [9.17, 15) is 9.59 Å². The number of carbonyl (C=O) groups is 2. The number of anilines is 1. The number of amides is 3. The molecule has 3 amide bonds. The summed E-state index contributed by atoms with van der Waals surface area (Å²) in [4.78, 5) is 24.2. The molecule has 0 aliphatic carbocycles. The van der Waals surface area contributed by atoms with Crippen molar-refractivity contribution in [3.63, 3.8) is 0 Å². The zero-order valence-electron chi connectivity index (χ0n) is 8.60. The number of carbonyl (C=O) groups excluding carboxylic acids is 2. The lowest BCUT2D eigenvalue weighted by Gasteiger charge is -2.12. The summed E-state index contributed by atoms with van der Waals surface area (Å²) in [5, 5.41) is 11.2. The summed E-state index contributed by atoms with van der Waals surface area (Å²) >= 11 is 0. The van der Waals surface area contributed by atoms with E-state index >= 15 is 0 Å². The molecule has 2 rings (SSSR count). The van der Waals surface area contributed by atoms with Crippen molar-refractivity contribution in [1.29, 1.82) is 5.26 Å². The maximum atomic E-state index is 11.7. The summed E-state index contributed by atoms with van der Waals surface area (Å²) < 4.78 is 0. The third-order valence-electron chi connectivity index (χ3n) is 2.37. The van der Waals surface area contributed by atoms with Gasteiger partial charge in [-0.1, -0.05) is 6.07 Å². The Bertz CT molecular complexity index is 504. The van der Waals surface area contributed by atoms with Gasteiger partial charge in [0.1, 0.15) is 6.04 Å². The van der Waals surface area contributed by atoms with Crippen LogP contribution in [-0.2, 0) is 4.79 Å². The summed E-state index contributed by atoms with van der Waals surface area (Å²) in [6.07, 6.45) is 0. The van der Waals surface area contributed by atoms with Gasteiger partial charge in [0.25, 0.3) is 5.91 Å². The Morgan fingerprint density at radius 1 is 1.44 bits per heavy atom. The van der Waals surface area contributed by atoms with Gasteiger partial charge in [0, 0.05) is 0 Å². The van der Waals surface area contributed by atoms with E-state index in [0.717, 1.165) is 4.90 Å². The van der Waals surface area contributed by atoms with E-state index in [1.165, 1.54) is 6.07 Å². The third kappa shape index (κ3) is 1.50. The number of hydrogen-bond donors (Lipinski definition) is 1. The number of nitrogens with zero attached hydrogens (tertiary/aromatic N) is 2. The van der Waals surface area contributed by atoms with E-state index in [0.29, 0.717) is 11.3 Å². The number of hydrogen-bond acceptors (Lipinski definition) is 3. The van der Waals surface area contributed by atoms with Gasteiger partial charge in [-0.05, 0) is 25.1 Å². The van der Waals surface area contributed by atoms with Crippen molar-refractivity contribution in [2.75, 3.05) is 4.90 Å². The average Bonchev–Trinajstić information content (AvgIpc) is 2.53. The van der Waals surface area contributed by atoms with E-state index in [-0.39, 0.29) is 5.91 Å². The van der Waals surface area contributed by atoms with Crippen molar-refractivity contribution in [3.8, 4) is 6.07 Å². The zero-order valence-corrected chi connectivity index (χ0v) is 8.60. The maximum absolute atomic E-state index is 11.7. The van der Waals surface area contributed by atoms with Crippen molar-refractivity contribution < 1.29 is 9.59 Å². The highest BCUT2D eigenvalue weighted by Crippen LogP contribution is 2.20. The third-order valence-corrected chi connectivity index (χ3v) is 2.37. The van der Waals surface area contributed by atoms with Crippen LogP contribution in [-0.4, -0.2) is 18.0 Å². The summed E-state index contributed by atoms with van der Waals surface area (Å²) in [7, 11) is 0. The lowest BCUT2D eigenvalue weighted by atomic mass is 10.2. The van der Waals surface area contributed by atoms with Gasteiger partial charge in [0.05, 0.1) is 17.3 Å². The average molecular weight is 215 g/mol. The van der Waals surface area contributed by atoms with E-state index < -0.39 is 12.1 Å². The molecule has 5 heteroatoms. The van der Waals surface area contributed by atoms with E-state index in [1.54, 1.807) is 25.1 Å². The number of imide groups is 1. The van der Waals surface area contributed by atoms with Crippen LogP contribution in [0.1, 0.15) is 12.5 Å². The largest absolute Gasteiger partial charge is 0.329 e. The Hall–Kier alpha value is -2.35. The van der Waals surface area contributed by atoms with Gasteiger partial charge in [-0.2, -0.15) is 5.26 Å². The Labute approximate surface area is 92.3 Å². The van der Waals surface area contributed by atoms with E-state index in [1.807, 2.05) is 6.07 Å². The second kappa shape index (κ2) is 3.66. The summed E-state index contributed by atoms with van der Waals surface area (Å²) in [6, 6.07) is 7.38. The first-order chi connectivity index (χ1) is 7.63. The second-order valence-electron chi connectivity index (χ2n) is 3.51. The van der Waals surface area contributed by atoms with Crippen LogP contribution in [0.25, 0.3) is 0 Å². The minimum Gasteiger partial charge on any atom is -0.326 e. The van der Waals surface area contributed by atoms with Gasteiger partial charge in [0.2, 0.25) is 0 Å². The summed E-state index contributed by atoms with van der Waals surface area (Å²) in [5.74, 6) is -0.305. The smallest absolute Gasteiger partial charge is 0.326 e. The van der Waals surface area contributed by atoms with Crippen LogP contribution in [0, 0.1) is 11.3 Å². The zero-order chi connectivity index (χ0) is 11.7. The first-order valence-corrected chi connectivity index (χ1v) is 4.78. The molecule has 1 atom stereocenters. The topological polar surface area (TPSA) is 73.2 Å². The normalized spacial score (nSPS) is 19.5. The Morgan fingerprint density at radius 2 is 2.19 bits per heavy atom. The predicted octanol–water partition coefficient (Wildman–Crippen LogP) is 1.00. The van der Waals surface area contributed by atoms with Crippen molar-refractivity contribution in [3.05, 3.63) is 29.8 Å². The first kappa shape index (κ1) is 10.2. The monoisotopic (exact) mass is 215 g/mol. The van der Waals surface area contributed by atoms with Gasteiger partial charge in [-0.25, -0.2) is 9.69 Å². The number of urea groups is 1. The van der Waals surface area contributed by atoms with Crippen LogP contribution >= 0.6 is 0 Å². The molecule has 1 fully saturated rings. The minimum atomic E-state index is -0.516. The molecule has 0 unspecified atom stereocenters. The molecule has 16 heavy (non-hydrogen) atoms. The van der Waals surface area contributed by atoms with Crippen LogP contribution < -0.4 is 10.2 Å². The van der Waals surface area contributed by atoms with Crippen LogP contribution in [0.4, 0.5) is 10.5 Å². The number of nitriles is 1. The molecule has 1 aromatic rings. The molecule has 1 aliphatic heterocycles. The molecule has 1 aliphatic rings. The Balaban J connectivity index is 2.41. The van der Waals surface area contributed by atoms with Gasteiger partial charge in [-0.15, -0.1) is 0 Å². The molecule has 0 radical (unpaired) electrons. The predicted molar refractivity (Wildman–Crippen MR) is 56.6 cm³/mol. The summed E-state index contributed by atoms with van der Waals surface area (Å²) in [6.45, 7) is 1.62. The maximum Gasteiger partial charge on any atom is 0.329 e. The van der Waals surface area contributed by atoms with Gasteiger partial charge in [0.15, 0.2) is 0 Å². The van der Waals surface area contributed by atoms with Crippen LogP contribution in [0.2, 0.25) is 0 Å². The molecule has 1 saturated heterocycles. The lowest BCUT2D eigenvalue weighted by Crippen LogP contribution is -2.30. The molecule has 0 spiro atoms. The molecular weight excluding hydrogens is 206 g/mol. The molecule has 0 bridgehead atoms. The fourth-order valence-electron chi connectivity index (χ4n) is 1.56. The molecule has 80 valence electrons. The summed E-state index contributed by atoms with van der Waals surface area (Å²) in [5.41, 5.74) is 0.837. The highest BCUT2D eigenvalue weighted by atomic mass is 16.2. The highest BCUT2D eigenvalue weighted by molar-refractivity contribution is 6.21. The van der Waals surface area contributed by atoms with Crippen LogP contribution in [0.5, 0.6) is 0 Å². The van der Waals surface area contributed by atoms with Crippen molar-refractivity contribution >= 4 is 17.6 Å². The lowest BCUT2D eigenvalue weighted by molar-refractivity contribution is -0.117. The highest BCUT2D eigenvalue weighted by Gasteiger charge is 2.36.